The molecule has 1 atom stereocenters. The molecule has 1 aromatic carbocycles. The zero-order valence-corrected chi connectivity index (χ0v) is 11.8. The van der Waals surface area contributed by atoms with E-state index in [1.165, 1.54) is 38.5 Å². The minimum Gasteiger partial charge on any atom is -0.207 e. The number of hydrogen-bond acceptors (Lipinski definition) is 0. The third-order valence-corrected chi connectivity index (χ3v) is 4.54. The first-order valence-electron chi connectivity index (χ1n) is 6.63. The molecule has 0 amide bonds. The highest BCUT2D eigenvalue weighted by atomic mass is 79.9. The van der Waals surface area contributed by atoms with E-state index in [9.17, 15) is 4.39 Å². The quantitative estimate of drug-likeness (QED) is 0.663. The second kappa shape index (κ2) is 6.53. The van der Waals surface area contributed by atoms with Crippen molar-refractivity contribution in [3.8, 4) is 0 Å². The first-order chi connectivity index (χ1) is 8.25. The van der Waals surface area contributed by atoms with Gasteiger partial charge in [-0.3, -0.25) is 0 Å². The van der Waals surface area contributed by atoms with Gasteiger partial charge in [-0.25, -0.2) is 4.39 Å². The smallest absolute Gasteiger partial charge is 0.126 e. The highest BCUT2D eigenvalue weighted by Crippen LogP contribution is 2.30. The van der Waals surface area contributed by atoms with Gasteiger partial charge in [0.2, 0.25) is 0 Å². The van der Waals surface area contributed by atoms with E-state index in [2.05, 4.69) is 15.9 Å². The van der Waals surface area contributed by atoms with Gasteiger partial charge in [0, 0.05) is 4.83 Å². The second-order valence-electron chi connectivity index (χ2n) is 5.12. The van der Waals surface area contributed by atoms with E-state index in [1.54, 1.807) is 12.1 Å². The van der Waals surface area contributed by atoms with Crippen LogP contribution in [0.2, 0.25) is 0 Å². The Morgan fingerprint density at radius 1 is 1.24 bits per heavy atom. The van der Waals surface area contributed by atoms with Gasteiger partial charge in [-0.1, -0.05) is 59.8 Å². The van der Waals surface area contributed by atoms with Gasteiger partial charge in [-0.15, -0.1) is 0 Å². The Kier molecular flexibility index (Phi) is 5.02. The molecular weight excluding hydrogens is 279 g/mol. The van der Waals surface area contributed by atoms with E-state index in [4.69, 9.17) is 0 Å². The first kappa shape index (κ1) is 13.1. The number of rotatable bonds is 5. The molecule has 1 aromatic rings. The fourth-order valence-corrected chi connectivity index (χ4v) is 3.33. The van der Waals surface area contributed by atoms with Crippen molar-refractivity contribution in [1.82, 2.24) is 0 Å². The normalized spacial score (nSPS) is 18.5. The lowest BCUT2D eigenvalue weighted by atomic mass is 9.98. The molecule has 0 N–H and O–H groups in total. The largest absolute Gasteiger partial charge is 0.207 e. The molecule has 0 nitrogen and oxygen atoms in total. The van der Waals surface area contributed by atoms with Crippen LogP contribution in [0, 0.1) is 11.7 Å². The second-order valence-corrected chi connectivity index (χ2v) is 6.42. The molecule has 0 aromatic heterocycles. The van der Waals surface area contributed by atoms with Crippen molar-refractivity contribution in [2.24, 2.45) is 5.92 Å². The Hall–Kier alpha value is -0.370. The van der Waals surface area contributed by atoms with E-state index in [0.29, 0.717) is 4.83 Å². The van der Waals surface area contributed by atoms with Crippen LogP contribution in [0.1, 0.15) is 44.1 Å². The van der Waals surface area contributed by atoms with Crippen LogP contribution in [0.15, 0.2) is 24.3 Å². The van der Waals surface area contributed by atoms with Gasteiger partial charge in [0.15, 0.2) is 0 Å². The SMILES string of the molecule is Fc1ccccc1CC(Br)CCC1CCCC1. The highest BCUT2D eigenvalue weighted by molar-refractivity contribution is 9.09. The molecule has 0 aliphatic heterocycles. The lowest BCUT2D eigenvalue weighted by Crippen LogP contribution is -2.07. The molecule has 0 spiro atoms. The number of hydrogen-bond donors (Lipinski definition) is 0. The van der Waals surface area contributed by atoms with Gasteiger partial charge in [-0.2, -0.15) is 0 Å². The third kappa shape index (κ3) is 4.09. The Balaban J connectivity index is 1.76. The molecule has 0 saturated heterocycles. The zero-order valence-electron chi connectivity index (χ0n) is 10.2. The summed E-state index contributed by atoms with van der Waals surface area (Å²) in [6.45, 7) is 0. The lowest BCUT2D eigenvalue weighted by Gasteiger charge is -2.13. The monoisotopic (exact) mass is 298 g/mol. The summed E-state index contributed by atoms with van der Waals surface area (Å²) in [6.07, 6.45) is 8.89. The van der Waals surface area contributed by atoms with Crippen LogP contribution < -0.4 is 0 Å². The third-order valence-electron chi connectivity index (χ3n) is 3.76. The van der Waals surface area contributed by atoms with E-state index >= 15 is 0 Å². The molecule has 1 unspecified atom stereocenters. The van der Waals surface area contributed by atoms with Gasteiger partial charge in [-0.05, 0) is 36.8 Å². The predicted molar refractivity (Wildman–Crippen MR) is 74.0 cm³/mol. The van der Waals surface area contributed by atoms with Crippen molar-refractivity contribution in [3.05, 3.63) is 35.6 Å². The van der Waals surface area contributed by atoms with Crippen LogP contribution in [0.25, 0.3) is 0 Å². The number of benzene rings is 1. The summed E-state index contributed by atoms with van der Waals surface area (Å²) in [5, 5.41) is 0. The molecule has 0 heterocycles. The predicted octanol–water partition coefficient (Wildman–Crippen LogP) is 5.10. The first-order valence-corrected chi connectivity index (χ1v) is 7.55. The number of halogens is 2. The van der Waals surface area contributed by atoms with Crippen molar-refractivity contribution >= 4 is 15.9 Å². The molecule has 0 radical (unpaired) electrons. The highest BCUT2D eigenvalue weighted by Gasteiger charge is 2.17. The van der Waals surface area contributed by atoms with Crippen LogP contribution in [0.5, 0.6) is 0 Å². The summed E-state index contributed by atoms with van der Waals surface area (Å²) in [4.78, 5) is 0.417. The fraction of sp³-hybridized carbons (Fsp3) is 0.600. The van der Waals surface area contributed by atoms with Crippen molar-refractivity contribution in [2.45, 2.75) is 49.8 Å². The summed E-state index contributed by atoms with van der Waals surface area (Å²) in [5.74, 6) is 0.855. The average molecular weight is 299 g/mol. The van der Waals surface area contributed by atoms with Gasteiger partial charge in [0.05, 0.1) is 0 Å². The molecule has 1 saturated carbocycles. The lowest BCUT2D eigenvalue weighted by molar-refractivity contribution is 0.478. The maximum Gasteiger partial charge on any atom is 0.126 e. The van der Waals surface area contributed by atoms with E-state index in [0.717, 1.165) is 17.9 Å². The van der Waals surface area contributed by atoms with E-state index in [-0.39, 0.29) is 5.82 Å². The molecule has 17 heavy (non-hydrogen) atoms. The maximum absolute atomic E-state index is 13.5. The summed E-state index contributed by atoms with van der Waals surface area (Å²) in [6, 6.07) is 7.10. The molecule has 94 valence electrons. The Morgan fingerprint density at radius 2 is 1.94 bits per heavy atom. The molecule has 2 heteroatoms. The van der Waals surface area contributed by atoms with Gasteiger partial charge < -0.3 is 0 Å². The van der Waals surface area contributed by atoms with Gasteiger partial charge in [0.25, 0.3) is 0 Å². The fourth-order valence-electron chi connectivity index (χ4n) is 2.72. The van der Waals surface area contributed by atoms with Gasteiger partial charge >= 0.3 is 0 Å². The molecule has 1 aliphatic carbocycles. The molecule has 1 aliphatic rings. The average Bonchev–Trinajstić information content (AvgIpc) is 2.82. The van der Waals surface area contributed by atoms with Crippen LogP contribution in [0.4, 0.5) is 4.39 Å². The van der Waals surface area contributed by atoms with Crippen molar-refractivity contribution in [3.63, 3.8) is 0 Å². The Bertz CT molecular complexity index is 345. The summed E-state index contributed by atoms with van der Waals surface area (Å²) < 4.78 is 13.5. The summed E-state index contributed by atoms with van der Waals surface area (Å²) >= 11 is 3.69. The Morgan fingerprint density at radius 3 is 2.65 bits per heavy atom. The maximum atomic E-state index is 13.5. The van der Waals surface area contributed by atoms with Crippen molar-refractivity contribution < 1.29 is 4.39 Å². The minimum absolute atomic E-state index is 0.0715. The van der Waals surface area contributed by atoms with Crippen LogP contribution in [-0.4, -0.2) is 4.83 Å². The van der Waals surface area contributed by atoms with Crippen LogP contribution >= 0.6 is 15.9 Å². The standard InChI is InChI=1S/C15H20BrF/c16-14(10-9-12-5-1-2-6-12)11-13-7-3-4-8-15(13)17/h3-4,7-8,12,14H,1-2,5-6,9-11H2. The van der Waals surface area contributed by atoms with Crippen LogP contribution in [0.3, 0.4) is 0 Å². The van der Waals surface area contributed by atoms with Crippen molar-refractivity contribution in [1.29, 1.82) is 0 Å². The zero-order chi connectivity index (χ0) is 12.1. The summed E-state index contributed by atoms with van der Waals surface area (Å²) in [7, 11) is 0. The molecule has 1 fully saturated rings. The molecule has 2 rings (SSSR count). The minimum atomic E-state index is -0.0715. The van der Waals surface area contributed by atoms with E-state index < -0.39 is 0 Å². The number of alkyl halides is 1. The summed E-state index contributed by atoms with van der Waals surface area (Å²) in [5.41, 5.74) is 0.834. The molecule has 0 bridgehead atoms. The van der Waals surface area contributed by atoms with Gasteiger partial charge in [0.1, 0.15) is 5.82 Å². The Labute approximate surface area is 112 Å². The van der Waals surface area contributed by atoms with E-state index in [1.807, 2.05) is 12.1 Å². The molecular formula is C15H20BrF. The topological polar surface area (TPSA) is 0 Å². The van der Waals surface area contributed by atoms with Crippen molar-refractivity contribution in [2.75, 3.05) is 0 Å². The van der Waals surface area contributed by atoms with Crippen LogP contribution in [-0.2, 0) is 6.42 Å².